The Morgan fingerprint density at radius 1 is 0.529 bits per heavy atom. The Bertz CT molecular complexity index is 1260. The summed E-state index contributed by atoms with van der Waals surface area (Å²) in [5.74, 6) is 1.56. The van der Waals surface area contributed by atoms with Crippen LogP contribution in [0.15, 0.2) is 108 Å². The molecule has 0 saturated heterocycles. The SMILES string of the molecule is c1cncc(-c2ccnc(SCc3ccccc3CSc3nccc(-c4cccnc4)n3)n2)c1. The van der Waals surface area contributed by atoms with Crippen molar-refractivity contribution in [3.05, 3.63) is 109 Å². The quantitative estimate of drug-likeness (QED) is 0.198. The standard InChI is InChI=1S/C26H20N6S2/c1-2-6-22(18-34-26-30-14-10-24(32-26)20-8-4-12-28-16-20)21(5-1)17-33-25-29-13-9-23(31-25)19-7-3-11-27-15-19/h1-16H,17-18H2. The number of aromatic nitrogens is 6. The van der Waals surface area contributed by atoms with Crippen molar-refractivity contribution in [2.45, 2.75) is 21.8 Å². The summed E-state index contributed by atoms with van der Waals surface area (Å²) in [7, 11) is 0. The smallest absolute Gasteiger partial charge is 0.188 e. The first-order valence-corrected chi connectivity index (χ1v) is 12.6. The molecule has 0 aliphatic rings. The Morgan fingerprint density at radius 2 is 1.03 bits per heavy atom. The molecular formula is C26H20N6S2. The molecule has 5 aromatic rings. The molecule has 0 bridgehead atoms. The lowest BCUT2D eigenvalue weighted by atomic mass is 10.1. The molecule has 5 rings (SSSR count). The van der Waals surface area contributed by atoms with E-state index >= 15 is 0 Å². The fraction of sp³-hybridized carbons (Fsp3) is 0.0769. The van der Waals surface area contributed by atoms with Gasteiger partial charge in [0.25, 0.3) is 0 Å². The minimum atomic E-state index is 0.747. The second-order valence-corrected chi connectivity index (χ2v) is 9.16. The largest absolute Gasteiger partial charge is 0.264 e. The molecule has 0 N–H and O–H groups in total. The molecule has 0 fully saturated rings. The van der Waals surface area contributed by atoms with Crippen molar-refractivity contribution < 1.29 is 0 Å². The zero-order valence-corrected chi connectivity index (χ0v) is 19.8. The lowest BCUT2D eigenvalue weighted by Gasteiger charge is -2.09. The van der Waals surface area contributed by atoms with Crippen molar-refractivity contribution in [2.75, 3.05) is 0 Å². The van der Waals surface area contributed by atoms with Crippen molar-refractivity contribution in [1.29, 1.82) is 0 Å². The van der Waals surface area contributed by atoms with Gasteiger partial charge in [0.15, 0.2) is 10.3 Å². The van der Waals surface area contributed by atoms with Crippen LogP contribution in [0.2, 0.25) is 0 Å². The minimum Gasteiger partial charge on any atom is -0.264 e. The highest BCUT2D eigenvalue weighted by Crippen LogP contribution is 2.28. The number of hydrogen-bond donors (Lipinski definition) is 0. The Morgan fingerprint density at radius 3 is 1.47 bits per heavy atom. The van der Waals surface area contributed by atoms with Gasteiger partial charge in [-0.15, -0.1) is 0 Å². The molecule has 34 heavy (non-hydrogen) atoms. The zero-order valence-electron chi connectivity index (χ0n) is 18.2. The van der Waals surface area contributed by atoms with Crippen LogP contribution in [0.3, 0.4) is 0 Å². The van der Waals surface area contributed by atoms with Crippen LogP contribution in [0.4, 0.5) is 0 Å². The lowest BCUT2D eigenvalue weighted by Crippen LogP contribution is -1.95. The monoisotopic (exact) mass is 480 g/mol. The van der Waals surface area contributed by atoms with Crippen molar-refractivity contribution in [2.24, 2.45) is 0 Å². The Hall–Kier alpha value is -3.62. The Kier molecular flexibility index (Phi) is 7.18. The fourth-order valence-electron chi connectivity index (χ4n) is 3.29. The lowest BCUT2D eigenvalue weighted by molar-refractivity contribution is 0.968. The molecule has 0 spiro atoms. The second-order valence-electron chi connectivity index (χ2n) is 7.28. The van der Waals surface area contributed by atoms with E-state index in [9.17, 15) is 0 Å². The molecule has 6 nitrogen and oxygen atoms in total. The van der Waals surface area contributed by atoms with Crippen LogP contribution in [0.5, 0.6) is 0 Å². The number of benzene rings is 1. The van der Waals surface area contributed by atoms with Gasteiger partial charge in [-0.3, -0.25) is 9.97 Å². The van der Waals surface area contributed by atoms with Crippen LogP contribution < -0.4 is 0 Å². The Labute approximate surface area is 206 Å². The minimum absolute atomic E-state index is 0.747. The number of hydrogen-bond acceptors (Lipinski definition) is 8. The third-order valence-electron chi connectivity index (χ3n) is 5.01. The van der Waals surface area contributed by atoms with Gasteiger partial charge in [0.05, 0.1) is 11.4 Å². The first-order valence-electron chi connectivity index (χ1n) is 10.6. The van der Waals surface area contributed by atoms with Crippen LogP contribution in [0.25, 0.3) is 22.5 Å². The summed E-state index contributed by atoms with van der Waals surface area (Å²) < 4.78 is 0. The van der Waals surface area contributed by atoms with Gasteiger partial charge in [-0.05, 0) is 47.5 Å². The van der Waals surface area contributed by atoms with E-state index in [1.54, 1.807) is 48.3 Å². The normalized spacial score (nSPS) is 10.8. The molecule has 0 radical (unpaired) electrons. The molecule has 0 unspecified atom stereocenters. The van der Waals surface area contributed by atoms with Crippen molar-refractivity contribution >= 4 is 23.5 Å². The van der Waals surface area contributed by atoms with Crippen molar-refractivity contribution in [1.82, 2.24) is 29.9 Å². The maximum Gasteiger partial charge on any atom is 0.188 e. The summed E-state index contributed by atoms with van der Waals surface area (Å²) in [6, 6.07) is 20.1. The van der Waals surface area contributed by atoms with E-state index in [0.717, 1.165) is 44.3 Å². The molecule has 8 heteroatoms. The molecule has 0 atom stereocenters. The molecule has 0 aliphatic carbocycles. The molecule has 166 valence electrons. The predicted molar refractivity (Wildman–Crippen MR) is 136 cm³/mol. The molecule has 1 aromatic carbocycles. The number of pyridine rings is 2. The summed E-state index contributed by atoms with van der Waals surface area (Å²) in [5, 5.41) is 1.49. The molecule has 4 heterocycles. The first kappa shape index (κ1) is 22.2. The van der Waals surface area contributed by atoms with Crippen LogP contribution in [0.1, 0.15) is 11.1 Å². The topological polar surface area (TPSA) is 77.3 Å². The number of rotatable bonds is 8. The zero-order chi connectivity index (χ0) is 23.0. The summed E-state index contributed by atoms with van der Waals surface area (Å²) in [5.41, 5.74) is 6.21. The van der Waals surface area contributed by atoms with Gasteiger partial charge in [-0.2, -0.15) is 0 Å². The van der Waals surface area contributed by atoms with E-state index in [0.29, 0.717) is 0 Å². The van der Waals surface area contributed by atoms with E-state index in [-0.39, 0.29) is 0 Å². The molecule has 4 aromatic heterocycles. The van der Waals surface area contributed by atoms with Gasteiger partial charge in [0.1, 0.15) is 0 Å². The summed E-state index contributed by atoms with van der Waals surface area (Å²) in [6.07, 6.45) is 10.7. The molecule has 0 amide bonds. The number of nitrogens with zero attached hydrogens (tertiary/aromatic N) is 6. The van der Waals surface area contributed by atoms with E-state index in [1.807, 2.05) is 48.8 Å². The van der Waals surface area contributed by atoms with Crippen LogP contribution in [-0.4, -0.2) is 29.9 Å². The highest BCUT2D eigenvalue weighted by molar-refractivity contribution is 7.98. The summed E-state index contributed by atoms with van der Waals surface area (Å²) >= 11 is 3.26. The van der Waals surface area contributed by atoms with E-state index < -0.39 is 0 Å². The van der Waals surface area contributed by atoms with E-state index in [4.69, 9.17) is 9.97 Å². The highest BCUT2D eigenvalue weighted by Gasteiger charge is 2.09. The maximum absolute atomic E-state index is 4.70. The maximum atomic E-state index is 4.70. The van der Waals surface area contributed by atoms with Crippen LogP contribution in [-0.2, 0) is 11.5 Å². The first-order chi connectivity index (χ1) is 16.8. The molecule has 0 saturated carbocycles. The third-order valence-corrected chi connectivity index (χ3v) is 6.83. The molecule has 0 aliphatic heterocycles. The van der Waals surface area contributed by atoms with Gasteiger partial charge < -0.3 is 0 Å². The van der Waals surface area contributed by atoms with Gasteiger partial charge in [0.2, 0.25) is 0 Å². The van der Waals surface area contributed by atoms with E-state index in [1.165, 1.54) is 11.1 Å². The van der Waals surface area contributed by atoms with E-state index in [2.05, 4.69) is 44.2 Å². The number of thioether (sulfide) groups is 2. The average molecular weight is 481 g/mol. The van der Waals surface area contributed by atoms with Gasteiger partial charge >= 0.3 is 0 Å². The summed E-state index contributed by atoms with van der Waals surface area (Å²) in [4.78, 5) is 26.7. The van der Waals surface area contributed by atoms with Crippen molar-refractivity contribution in [3.63, 3.8) is 0 Å². The van der Waals surface area contributed by atoms with Gasteiger partial charge in [-0.1, -0.05) is 47.8 Å². The van der Waals surface area contributed by atoms with Crippen LogP contribution >= 0.6 is 23.5 Å². The molecular weight excluding hydrogens is 460 g/mol. The fourth-order valence-corrected chi connectivity index (χ4v) is 5.02. The average Bonchev–Trinajstić information content (AvgIpc) is 2.92. The summed E-state index contributed by atoms with van der Waals surface area (Å²) in [6.45, 7) is 0. The predicted octanol–water partition coefficient (Wildman–Crippen LogP) is 5.98. The van der Waals surface area contributed by atoms with Crippen LogP contribution in [0, 0.1) is 0 Å². The highest BCUT2D eigenvalue weighted by atomic mass is 32.2. The second kappa shape index (κ2) is 11.0. The Balaban J connectivity index is 1.26. The van der Waals surface area contributed by atoms with Gasteiger partial charge in [-0.25, -0.2) is 19.9 Å². The van der Waals surface area contributed by atoms with Gasteiger partial charge in [0, 0.05) is 59.8 Å². The third kappa shape index (κ3) is 5.65. The van der Waals surface area contributed by atoms with Crippen molar-refractivity contribution in [3.8, 4) is 22.5 Å².